The maximum Gasteiger partial charge on any atom is 0.166 e. The fourth-order valence-electron chi connectivity index (χ4n) is 3.71. The molecule has 1 saturated heterocycles. The van der Waals surface area contributed by atoms with Crippen molar-refractivity contribution in [2.24, 2.45) is 0 Å². The summed E-state index contributed by atoms with van der Waals surface area (Å²) in [7, 11) is 2.15. The molecule has 0 radical (unpaired) electrons. The van der Waals surface area contributed by atoms with Gasteiger partial charge in [-0.2, -0.15) is 0 Å². The van der Waals surface area contributed by atoms with Gasteiger partial charge in [-0.1, -0.05) is 17.9 Å². The molecule has 0 amide bonds. The van der Waals surface area contributed by atoms with Gasteiger partial charge >= 0.3 is 0 Å². The van der Waals surface area contributed by atoms with Crippen molar-refractivity contribution in [3.8, 4) is 28.0 Å². The number of aromatic nitrogens is 2. The van der Waals surface area contributed by atoms with E-state index in [0.29, 0.717) is 11.7 Å². The van der Waals surface area contributed by atoms with Crippen molar-refractivity contribution in [1.82, 2.24) is 14.9 Å². The lowest BCUT2D eigenvalue weighted by atomic mass is 9.98. The Balaban J connectivity index is 1.48. The van der Waals surface area contributed by atoms with Gasteiger partial charge in [-0.05, 0) is 70.6 Å². The molecule has 4 rings (SSSR count). The smallest absolute Gasteiger partial charge is 0.166 e. The number of benzene rings is 1. The predicted octanol–water partition coefficient (Wildman–Crippen LogP) is 4.44. The van der Waals surface area contributed by atoms with Crippen LogP contribution in [0.4, 0.5) is 10.2 Å². The highest BCUT2D eigenvalue weighted by molar-refractivity contribution is 7.15. The summed E-state index contributed by atoms with van der Waals surface area (Å²) < 4.78 is 20.0. The number of pyridine rings is 1. The van der Waals surface area contributed by atoms with Crippen LogP contribution in [0, 0.1) is 17.7 Å². The third-order valence-corrected chi connectivity index (χ3v) is 6.89. The third-order valence-electron chi connectivity index (χ3n) is 5.69. The average Bonchev–Trinajstić information content (AvgIpc) is 3.29. The molecule has 178 valence electrons. The Morgan fingerprint density at radius 3 is 2.74 bits per heavy atom. The number of thiazole rings is 1. The lowest BCUT2D eigenvalue weighted by molar-refractivity contribution is 0.143. The molecule has 6 nitrogen and oxygen atoms in total. The quantitative estimate of drug-likeness (QED) is 0.526. The van der Waals surface area contributed by atoms with Crippen molar-refractivity contribution in [2.75, 3.05) is 25.9 Å². The van der Waals surface area contributed by atoms with E-state index < -0.39 is 11.4 Å². The minimum absolute atomic E-state index is 0.177. The third kappa shape index (κ3) is 6.11. The maximum absolute atomic E-state index is 14.1. The van der Waals surface area contributed by atoms with Crippen LogP contribution in [0.1, 0.15) is 48.7 Å². The van der Waals surface area contributed by atoms with E-state index in [-0.39, 0.29) is 18.0 Å². The number of halogens is 1. The van der Waals surface area contributed by atoms with Crippen LogP contribution in [0.5, 0.6) is 5.75 Å². The number of likely N-dealkylation sites (tertiary alicyclic amines) is 1. The van der Waals surface area contributed by atoms with E-state index in [4.69, 9.17) is 10.5 Å². The Kier molecular flexibility index (Phi) is 7.17. The topological polar surface area (TPSA) is 84.5 Å². The molecule has 0 spiro atoms. The molecule has 1 aliphatic heterocycles. The summed E-state index contributed by atoms with van der Waals surface area (Å²) in [5.74, 6) is 6.11. The highest BCUT2D eigenvalue weighted by atomic mass is 32.1. The van der Waals surface area contributed by atoms with Gasteiger partial charge in [0.2, 0.25) is 0 Å². The molecule has 0 aliphatic carbocycles. The van der Waals surface area contributed by atoms with Crippen molar-refractivity contribution in [3.05, 3.63) is 58.6 Å². The minimum atomic E-state index is -1.21. The molecule has 1 aliphatic rings. The number of piperidine rings is 1. The van der Waals surface area contributed by atoms with Gasteiger partial charge in [0, 0.05) is 23.9 Å². The van der Waals surface area contributed by atoms with Crippen LogP contribution >= 0.6 is 11.3 Å². The molecule has 3 heterocycles. The summed E-state index contributed by atoms with van der Waals surface area (Å²) in [6, 6.07) is 6.45. The molecule has 8 heteroatoms. The highest BCUT2D eigenvalue weighted by Crippen LogP contribution is 2.36. The number of nitrogens with two attached hydrogens (primary N) is 1. The average molecular weight is 481 g/mol. The zero-order valence-corrected chi connectivity index (χ0v) is 20.5. The second-order valence-electron chi connectivity index (χ2n) is 9.16. The Bertz CT molecular complexity index is 1220. The molecule has 0 saturated carbocycles. The monoisotopic (exact) mass is 480 g/mol. The SMILES string of the molecule is CN1CCC(c2ncc(-c3cnc(N)c(OCc4ccc(F)c(C#CC(C)(C)O)c4)c3)s2)CC1. The molecule has 2 aromatic heterocycles. The van der Waals surface area contributed by atoms with E-state index >= 15 is 0 Å². The van der Waals surface area contributed by atoms with Crippen molar-refractivity contribution < 1.29 is 14.2 Å². The van der Waals surface area contributed by atoms with E-state index in [9.17, 15) is 9.50 Å². The summed E-state index contributed by atoms with van der Waals surface area (Å²) >= 11 is 1.69. The molecule has 3 N–H and O–H groups in total. The Hall–Kier alpha value is -2.99. The Labute approximate surface area is 203 Å². The number of aliphatic hydroxyl groups is 1. The van der Waals surface area contributed by atoms with Crippen molar-refractivity contribution in [2.45, 2.75) is 44.8 Å². The first-order chi connectivity index (χ1) is 16.2. The van der Waals surface area contributed by atoms with E-state index in [1.54, 1.807) is 43.5 Å². The van der Waals surface area contributed by atoms with E-state index in [1.807, 2.05) is 12.3 Å². The molecular weight excluding hydrogens is 451 g/mol. The number of ether oxygens (including phenoxy) is 1. The van der Waals surface area contributed by atoms with Gasteiger partial charge in [0.25, 0.3) is 0 Å². The number of hydrogen-bond donors (Lipinski definition) is 2. The van der Waals surface area contributed by atoms with Crippen LogP contribution < -0.4 is 10.5 Å². The van der Waals surface area contributed by atoms with Crippen LogP contribution in [0.2, 0.25) is 0 Å². The van der Waals surface area contributed by atoms with Gasteiger partial charge in [0.15, 0.2) is 11.6 Å². The molecule has 1 aromatic carbocycles. The lowest BCUT2D eigenvalue weighted by Crippen LogP contribution is -2.29. The number of anilines is 1. The van der Waals surface area contributed by atoms with Crippen LogP contribution in [0.3, 0.4) is 0 Å². The molecule has 34 heavy (non-hydrogen) atoms. The lowest BCUT2D eigenvalue weighted by Gasteiger charge is -2.27. The fourth-order valence-corrected chi connectivity index (χ4v) is 4.78. The van der Waals surface area contributed by atoms with Crippen LogP contribution in [0.15, 0.2) is 36.7 Å². The second-order valence-corrected chi connectivity index (χ2v) is 10.2. The summed E-state index contributed by atoms with van der Waals surface area (Å²) in [5.41, 5.74) is 6.68. The summed E-state index contributed by atoms with van der Waals surface area (Å²) in [6.45, 7) is 5.46. The standard InChI is InChI=1S/C26H29FN4O2S/c1-26(2,32)9-6-19-12-17(4-5-21(19)27)16-33-22-13-20(14-29-24(22)28)23-15-30-25(34-23)18-7-10-31(3)11-8-18/h4-5,12-15,18,32H,7-8,10-11,16H2,1-3H3,(H2,28,29). The van der Waals surface area contributed by atoms with Gasteiger partial charge < -0.3 is 20.5 Å². The van der Waals surface area contributed by atoms with E-state index in [2.05, 4.69) is 33.8 Å². The summed E-state index contributed by atoms with van der Waals surface area (Å²) in [5, 5.41) is 10.9. The molecular formula is C26H29FN4O2S. The Morgan fingerprint density at radius 1 is 1.24 bits per heavy atom. The summed E-state index contributed by atoms with van der Waals surface area (Å²) in [6.07, 6.45) is 5.87. The first kappa shape index (κ1) is 24.1. The maximum atomic E-state index is 14.1. The number of rotatable bonds is 5. The zero-order chi connectivity index (χ0) is 24.3. The zero-order valence-electron chi connectivity index (χ0n) is 19.6. The first-order valence-electron chi connectivity index (χ1n) is 11.2. The van der Waals surface area contributed by atoms with Crippen LogP contribution in [0.25, 0.3) is 10.4 Å². The Morgan fingerprint density at radius 2 is 2.00 bits per heavy atom. The minimum Gasteiger partial charge on any atom is -0.485 e. The largest absolute Gasteiger partial charge is 0.485 e. The molecule has 0 atom stereocenters. The van der Waals surface area contributed by atoms with Crippen molar-refractivity contribution >= 4 is 17.2 Å². The van der Waals surface area contributed by atoms with Crippen molar-refractivity contribution in [1.29, 1.82) is 0 Å². The number of hydrogen-bond acceptors (Lipinski definition) is 7. The highest BCUT2D eigenvalue weighted by Gasteiger charge is 2.21. The van der Waals surface area contributed by atoms with Crippen LogP contribution in [-0.4, -0.2) is 45.7 Å². The summed E-state index contributed by atoms with van der Waals surface area (Å²) in [4.78, 5) is 12.4. The predicted molar refractivity (Wildman–Crippen MR) is 133 cm³/mol. The first-order valence-corrected chi connectivity index (χ1v) is 12.1. The van der Waals surface area contributed by atoms with Crippen molar-refractivity contribution in [3.63, 3.8) is 0 Å². The van der Waals surface area contributed by atoms with Crippen LogP contribution in [-0.2, 0) is 6.61 Å². The molecule has 1 fully saturated rings. The normalized spacial score (nSPS) is 15.1. The van der Waals surface area contributed by atoms with Gasteiger partial charge in [-0.25, -0.2) is 14.4 Å². The molecule has 0 unspecified atom stereocenters. The van der Waals surface area contributed by atoms with Gasteiger partial charge in [0.05, 0.1) is 15.4 Å². The van der Waals surface area contributed by atoms with Gasteiger partial charge in [-0.3, -0.25) is 0 Å². The molecule has 0 bridgehead atoms. The number of nitrogen functional groups attached to an aromatic ring is 1. The number of nitrogens with zero attached hydrogens (tertiary/aromatic N) is 3. The van der Waals surface area contributed by atoms with Gasteiger partial charge in [-0.15, -0.1) is 11.3 Å². The van der Waals surface area contributed by atoms with E-state index in [0.717, 1.165) is 46.9 Å². The van der Waals surface area contributed by atoms with Gasteiger partial charge in [0.1, 0.15) is 18.0 Å². The van der Waals surface area contributed by atoms with E-state index in [1.165, 1.54) is 6.07 Å². The second kappa shape index (κ2) is 10.1. The fraction of sp³-hybridized carbons (Fsp3) is 0.385. The molecule has 3 aromatic rings.